The first kappa shape index (κ1) is 20.2. The van der Waals surface area contributed by atoms with Crippen molar-refractivity contribution in [3.05, 3.63) is 75.8 Å². The number of non-ortho nitro benzene ring substituents is 1. The van der Waals surface area contributed by atoms with Crippen LogP contribution in [-0.2, 0) is 4.79 Å². The molecule has 0 aliphatic heterocycles. The Morgan fingerprint density at radius 2 is 1.78 bits per heavy atom. The fourth-order valence-corrected chi connectivity index (χ4v) is 2.68. The van der Waals surface area contributed by atoms with Gasteiger partial charge in [-0.3, -0.25) is 14.9 Å². The molecule has 1 atom stereocenters. The molecule has 142 valence electrons. The van der Waals surface area contributed by atoms with Gasteiger partial charge in [0, 0.05) is 18.2 Å². The predicted molar refractivity (Wildman–Crippen MR) is 105 cm³/mol. The Labute approximate surface area is 159 Å². The molecule has 0 aliphatic carbocycles. The highest BCUT2D eigenvalue weighted by molar-refractivity contribution is 5.92. The molecule has 0 radical (unpaired) electrons. The van der Waals surface area contributed by atoms with Crippen LogP contribution in [-0.4, -0.2) is 17.9 Å². The van der Waals surface area contributed by atoms with E-state index < -0.39 is 4.92 Å². The Bertz CT molecular complexity index is 796. The molecule has 0 aliphatic rings. The van der Waals surface area contributed by atoms with E-state index in [1.165, 1.54) is 18.2 Å². The third kappa shape index (κ3) is 6.26. The molecule has 6 heteroatoms. The summed E-state index contributed by atoms with van der Waals surface area (Å²) >= 11 is 0. The number of nitro benzene ring substituents is 1. The van der Waals surface area contributed by atoms with Crippen molar-refractivity contribution >= 4 is 17.7 Å². The maximum atomic E-state index is 12.3. The summed E-state index contributed by atoms with van der Waals surface area (Å²) < 4.78 is 5.18. The number of hydrogen-bond donors (Lipinski definition) is 1. The molecule has 0 saturated heterocycles. The lowest BCUT2D eigenvalue weighted by atomic mass is 9.97. The molecule has 1 N–H and O–H groups in total. The van der Waals surface area contributed by atoms with E-state index in [-0.39, 0.29) is 17.6 Å². The summed E-state index contributed by atoms with van der Waals surface area (Å²) in [5.41, 5.74) is 1.76. The van der Waals surface area contributed by atoms with E-state index in [4.69, 9.17) is 4.74 Å². The molecule has 0 saturated carbocycles. The minimum atomic E-state index is -0.453. The van der Waals surface area contributed by atoms with E-state index in [9.17, 15) is 14.9 Å². The first-order valence-corrected chi connectivity index (χ1v) is 8.76. The van der Waals surface area contributed by atoms with Crippen LogP contribution in [0.5, 0.6) is 5.75 Å². The lowest BCUT2D eigenvalue weighted by Gasteiger charge is -2.20. The molecule has 0 unspecified atom stereocenters. The van der Waals surface area contributed by atoms with Gasteiger partial charge in [0.25, 0.3) is 5.69 Å². The van der Waals surface area contributed by atoms with Gasteiger partial charge in [-0.1, -0.05) is 26.0 Å². The second kappa shape index (κ2) is 9.52. The van der Waals surface area contributed by atoms with Crippen molar-refractivity contribution in [3.8, 4) is 5.75 Å². The molecule has 2 aromatic rings. The van der Waals surface area contributed by atoms with E-state index >= 15 is 0 Å². The van der Waals surface area contributed by atoms with Crippen molar-refractivity contribution in [3.63, 3.8) is 0 Å². The van der Waals surface area contributed by atoms with Crippen LogP contribution in [0.1, 0.15) is 37.4 Å². The molecular weight excluding hydrogens is 344 g/mol. The number of benzene rings is 2. The van der Waals surface area contributed by atoms with Gasteiger partial charge in [-0.2, -0.15) is 0 Å². The van der Waals surface area contributed by atoms with Crippen molar-refractivity contribution in [1.82, 2.24) is 5.32 Å². The summed E-state index contributed by atoms with van der Waals surface area (Å²) in [5.74, 6) is 0.970. The van der Waals surface area contributed by atoms with Gasteiger partial charge in [-0.15, -0.1) is 0 Å². The Kier molecular flexibility index (Phi) is 7.11. The van der Waals surface area contributed by atoms with Crippen LogP contribution in [0.2, 0.25) is 0 Å². The van der Waals surface area contributed by atoms with Crippen LogP contribution in [0.25, 0.3) is 6.08 Å². The number of carbonyl (C=O) groups is 1. The molecule has 0 bridgehead atoms. The van der Waals surface area contributed by atoms with Crippen LogP contribution < -0.4 is 10.1 Å². The smallest absolute Gasteiger partial charge is 0.269 e. The van der Waals surface area contributed by atoms with Gasteiger partial charge in [0.05, 0.1) is 18.1 Å². The maximum absolute atomic E-state index is 12.3. The zero-order valence-electron chi connectivity index (χ0n) is 15.7. The van der Waals surface area contributed by atoms with Crippen LogP contribution in [0, 0.1) is 16.0 Å². The second-order valence-electron chi connectivity index (χ2n) is 6.65. The van der Waals surface area contributed by atoms with Crippen molar-refractivity contribution in [2.24, 2.45) is 5.92 Å². The Morgan fingerprint density at radius 3 is 2.30 bits per heavy atom. The Balaban J connectivity index is 2.06. The van der Waals surface area contributed by atoms with Crippen molar-refractivity contribution in [1.29, 1.82) is 0 Å². The van der Waals surface area contributed by atoms with Gasteiger partial charge in [0.1, 0.15) is 5.75 Å². The van der Waals surface area contributed by atoms with Gasteiger partial charge in [-0.25, -0.2) is 0 Å². The number of nitrogens with zero attached hydrogens (tertiary/aromatic N) is 1. The lowest BCUT2D eigenvalue weighted by Crippen LogP contribution is -2.27. The fraction of sp³-hybridized carbons (Fsp3) is 0.286. The fourth-order valence-electron chi connectivity index (χ4n) is 2.68. The Morgan fingerprint density at radius 1 is 1.15 bits per heavy atom. The topological polar surface area (TPSA) is 81.5 Å². The number of nitrogens with one attached hydrogen (secondary N) is 1. The van der Waals surface area contributed by atoms with Gasteiger partial charge >= 0.3 is 0 Å². The van der Waals surface area contributed by atoms with Crippen molar-refractivity contribution in [2.45, 2.75) is 26.3 Å². The summed E-state index contributed by atoms with van der Waals surface area (Å²) in [6.07, 6.45) is 3.89. The highest BCUT2D eigenvalue weighted by Crippen LogP contribution is 2.23. The number of rotatable bonds is 8. The number of nitro groups is 1. The monoisotopic (exact) mass is 368 g/mol. The highest BCUT2D eigenvalue weighted by Gasteiger charge is 2.15. The summed E-state index contributed by atoms with van der Waals surface area (Å²) in [6.45, 7) is 4.21. The summed E-state index contributed by atoms with van der Waals surface area (Å²) in [4.78, 5) is 22.6. The average Bonchev–Trinajstić information content (AvgIpc) is 2.66. The molecule has 2 rings (SSSR count). The van der Waals surface area contributed by atoms with E-state index in [0.29, 0.717) is 5.92 Å². The number of methoxy groups -OCH3 is 1. The van der Waals surface area contributed by atoms with Crippen LogP contribution in [0.3, 0.4) is 0 Å². The molecule has 2 aromatic carbocycles. The highest BCUT2D eigenvalue weighted by atomic mass is 16.6. The number of amides is 1. The predicted octanol–water partition coefficient (Wildman–Crippen LogP) is 4.52. The summed E-state index contributed by atoms with van der Waals surface area (Å²) in [5, 5.41) is 13.7. The van der Waals surface area contributed by atoms with Crippen LogP contribution >= 0.6 is 0 Å². The van der Waals surface area contributed by atoms with E-state index in [2.05, 4.69) is 19.2 Å². The Hall–Kier alpha value is -3.15. The number of carbonyl (C=O) groups excluding carboxylic acids is 1. The second-order valence-corrected chi connectivity index (χ2v) is 6.65. The minimum absolute atomic E-state index is 0.0214. The largest absolute Gasteiger partial charge is 0.497 e. The van der Waals surface area contributed by atoms with Gasteiger partial charge in [-0.05, 0) is 53.8 Å². The maximum Gasteiger partial charge on any atom is 0.269 e. The molecule has 1 amide bonds. The first-order chi connectivity index (χ1) is 12.9. The summed E-state index contributed by atoms with van der Waals surface area (Å²) in [7, 11) is 1.62. The zero-order valence-corrected chi connectivity index (χ0v) is 15.7. The molecule has 0 fully saturated rings. The molecule has 0 heterocycles. The first-order valence-electron chi connectivity index (χ1n) is 8.76. The molecule has 27 heavy (non-hydrogen) atoms. The van der Waals surface area contributed by atoms with Crippen LogP contribution in [0.4, 0.5) is 5.69 Å². The molecule has 0 spiro atoms. The van der Waals surface area contributed by atoms with Crippen molar-refractivity contribution in [2.75, 3.05) is 7.11 Å². The SMILES string of the molecule is COc1ccc([C@H](CC(C)C)NC(=O)/C=C/c2ccc([N+](=O)[O-])cc2)cc1. The molecule has 0 aromatic heterocycles. The minimum Gasteiger partial charge on any atom is -0.497 e. The van der Waals surface area contributed by atoms with Gasteiger partial charge in [0.2, 0.25) is 5.91 Å². The van der Waals surface area contributed by atoms with E-state index in [0.717, 1.165) is 23.3 Å². The van der Waals surface area contributed by atoms with E-state index in [1.807, 2.05) is 24.3 Å². The third-order valence-electron chi connectivity index (χ3n) is 4.07. The molecule has 6 nitrogen and oxygen atoms in total. The number of hydrogen-bond acceptors (Lipinski definition) is 4. The van der Waals surface area contributed by atoms with Gasteiger partial charge in [0.15, 0.2) is 0 Å². The lowest BCUT2D eigenvalue weighted by molar-refractivity contribution is -0.384. The average molecular weight is 368 g/mol. The summed E-state index contributed by atoms with van der Waals surface area (Å²) in [6, 6.07) is 13.6. The van der Waals surface area contributed by atoms with Crippen LogP contribution in [0.15, 0.2) is 54.6 Å². The third-order valence-corrected chi connectivity index (χ3v) is 4.07. The standard InChI is InChI=1S/C21H24N2O4/c1-15(2)14-20(17-7-11-19(27-3)12-8-17)22-21(24)13-6-16-4-9-18(10-5-16)23(25)26/h4-13,15,20H,14H2,1-3H3,(H,22,24)/b13-6+/t20-/m0/s1. The van der Waals surface area contributed by atoms with Gasteiger partial charge < -0.3 is 10.1 Å². The van der Waals surface area contributed by atoms with Crippen molar-refractivity contribution < 1.29 is 14.5 Å². The number of ether oxygens (including phenoxy) is 1. The zero-order chi connectivity index (χ0) is 19.8. The normalized spacial score (nSPS) is 12.1. The van der Waals surface area contributed by atoms with E-state index in [1.54, 1.807) is 25.3 Å². The molecular formula is C21H24N2O4. The quantitative estimate of drug-likeness (QED) is 0.422.